The molecule has 84 valence electrons. The van der Waals surface area contributed by atoms with E-state index in [2.05, 4.69) is 47.8 Å². The zero-order chi connectivity index (χ0) is 11.7. The van der Waals surface area contributed by atoms with Gasteiger partial charge in [-0.1, -0.05) is 15.9 Å². The van der Waals surface area contributed by atoms with E-state index in [-0.39, 0.29) is 15.8 Å². The molecule has 0 amide bonds. The van der Waals surface area contributed by atoms with Crippen LogP contribution in [0.5, 0.6) is 5.75 Å². The lowest BCUT2D eigenvalue weighted by Gasteiger charge is -2.16. The molecular weight excluding hydrogens is 404 g/mol. The Labute approximate surface area is 110 Å². The van der Waals surface area contributed by atoms with Crippen molar-refractivity contribution in [3.8, 4) is 5.75 Å². The van der Waals surface area contributed by atoms with E-state index in [4.69, 9.17) is 5.73 Å². The molecule has 0 saturated heterocycles. The fraction of sp³-hybridized carbons (Fsp3) is 0.250. The Balaban J connectivity index is 3.36. The average molecular weight is 410 g/mol. The summed E-state index contributed by atoms with van der Waals surface area (Å²) in [6.45, 7) is 0. The van der Waals surface area contributed by atoms with Gasteiger partial charge in [0.15, 0.2) is 0 Å². The van der Waals surface area contributed by atoms with E-state index in [1.807, 2.05) is 0 Å². The first-order chi connectivity index (χ1) is 6.86. The lowest BCUT2D eigenvalue weighted by molar-refractivity contribution is 0.115. The summed E-state index contributed by atoms with van der Waals surface area (Å²) in [6, 6.07) is 0.0187. The molecule has 0 unspecified atom stereocenters. The zero-order valence-corrected chi connectivity index (χ0v) is 11.9. The molecule has 0 bridgehead atoms. The largest absolute Gasteiger partial charge is 0.506 e. The fourth-order valence-electron chi connectivity index (χ4n) is 1.03. The highest BCUT2D eigenvalue weighted by Crippen LogP contribution is 2.42. The Kier molecular flexibility index (Phi) is 4.51. The molecule has 0 aromatic heterocycles. The lowest BCUT2D eigenvalue weighted by Crippen LogP contribution is -2.20. The van der Waals surface area contributed by atoms with Crippen LogP contribution in [0.2, 0.25) is 0 Å². The van der Waals surface area contributed by atoms with Gasteiger partial charge in [-0.2, -0.15) is 0 Å². The van der Waals surface area contributed by atoms with E-state index in [1.54, 1.807) is 0 Å². The maximum Gasteiger partial charge on any atom is 0.257 e. The highest BCUT2D eigenvalue weighted by Gasteiger charge is 2.25. The fourth-order valence-corrected chi connectivity index (χ4v) is 3.68. The van der Waals surface area contributed by atoms with Crippen LogP contribution in [0.1, 0.15) is 11.6 Å². The van der Waals surface area contributed by atoms with Crippen LogP contribution >= 0.6 is 47.8 Å². The number of hydrogen-bond donors (Lipinski definition) is 2. The smallest absolute Gasteiger partial charge is 0.257 e. The van der Waals surface area contributed by atoms with Crippen LogP contribution in [0.4, 0.5) is 8.78 Å². The summed E-state index contributed by atoms with van der Waals surface area (Å²) in [5, 5.41) is 9.53. The van der Waals surface area contributed by atoms with Gasteiger partial charge in [-0.15, -0.1) is 0 Å². The number of phenols is 1. The first kappa shape index (κ1) is 13.3. The summed E-state index contributed by atoms with van der Waals surface area (Å²) in [5.74, 6) is -0.149. The minimum atomic E-state index is -2.70. The van der Waals surface area contributed by atoms with Crippen molar-refractivity contribution >= 4 is 47.8 Å². The van der Waals surface area contributed by atoms with Gasteiger partial charge in [-0.25, -0.2) is 8.78 Å². The molecule has 2 nitrogen and oxygen atoms in total. The Morgan fingerprint density at radius 2 is 1.73 bits per heavy atom. The highest BCUT2D eigenvalue weighted by molar-refractivity contribution is 9.11. The van der Waals surface area contributed by atoms with Crippen molar-refractivity contribution in [1.82, 2.24) is 0 Å². The number of nitrogens with two attached hydrogens (primary N) is 1. The lowest BCUT2D eigenvalue weighted by atomic mass is 10.1. The van der Waals surface area contributed by atoms with Gasteiger partial charge in [-0.3, -0.25) is 0 Å². The van der Waals surface area contributed by atoms with Crippen molar-refractivity contribution in [2.24, 2.45) is 5.73 Å². The standard InChI is InChI=1S/C8H6Br3F2NO/c9-2-1-3(10)7(15)5(11)4(2)6(14)8(12)13/h1,6,8,15H,14H2/t6-/m1/s1. The van der Waals surface area contributed by atoms with Gasteiger partial charge >= 0.3 is 0 Å². The third-order valence-corrected chi connectivity index (χ3v) is 3.85. The van der Waals surface area contributed by atoms with Crippen molar-refractivity contribution in [3.63, 3.8) is 0 Å². The second-order valence-corrected chi connectivity index (χ2v) is 5.28. The summed E-state index contributed by atoms with van der Waals surface area (Å²) >= 11 is 9.22. The molecule has 3 N–H and O–H groups in total. The van der Waals surface area contributed by atoms with Crippen molar-refractivity contribution in [1.29, 1.82) is 0 Å². The molecule has 0 aliphatic rings. The summed E-state index contributed by atoms with van der Waals surface area (Å²) < 4.78 is 25.9. The van der Waals surface area contributed by atoms with Crippen LogP contribution < -0.4 is 5.73 Å². The summed E-state index contributed by atoms with van der Waals surface area (Å²) in [6.07, 6.45) is -2.70. The van der Waals surface area contributed by atoms with E-state index in [0.717, 1.165) is 0 Å². The topological polar surface area (TPSA) is 46.2 Å². The van der Waals surface area contributed by atoms with Crippen LogP contribution in [0.25, 0.3) is 0 Å². The quantitative estimate of drug-likeness (QED) is 0.777. The molecule has 1 atom stereocenters. The molecule has 0 heterocycles. The molecule has 0 fully saturated rings. The molecule has 0 aliphatic heterocycles. The van der Waals surface area contributed by atoms with Crippen LogP contribution in [0.15, 0.2) is 19.5 Å². The Bertz CT molecular complexity index is 387. The number of halogens is 5. The number of phenolic OH excluding ortho intramolecular Hbond substituents is 1. The maximum atomic E-state index is 12.4. The highest BCUT2D eigenvalue weighted by atomic mass is 79.9. The molecule has 0 aliphatic carbocycles. The number of alkyl halides is 2. The first-order valence-corrected chi connectivity index (χ1v) is 6.14. The molecule has 1 aromatic carbocycles. The van der Waals surface area contributed by atoms with Gasteiger partial charge < -0.3 is 10.8 Å². The minimum absolute atomic E-state index is 0.144. The van der Waals surface area contributed by atoms with E-state index in [0.29, 0.717) is 8.95 Å². The third-order valence-electron chi connectivity index (χ3n) is 1.79. The zero-order valence-electron chi connectivity index (χ0n) is 7.15. The van der Waals surface area contributed by atoms with Crippen LogP contribution in [-0.4, -0.2) is 11.5 Å². The summed E-state index contributed by atoms with van der Waals surface area (Å²) in [5.41, 5.74) is 5.47. The Hall–Kier alpha value is 0.280. The second-order valence-electron chi connectivity index (χ2n) is 2.78. The van der Waals surface area contributed by atoms with E-state index in [9.17, 15) is 13.9 Å². The van der Waals surface area contributed by atoms with Crippen molar-refractivity contribution in [3.05, 3.63) is 25.0 Å². The number of aromatic hydroxyl groups is 1. The van der Waals surface area contributed by atoms with Crippen LogP contribution in [0, 0.1) is 0 Å². The maximum absolute atomic E-state index is 12.4. The third kappa shape index (κ3) is 2.69. The molecule has 1 aromatic rings. The average Bonchev–Trinajstić information content (AvgIpc) is 2.14. The molecule has 15 heavy (non-hydrogen) atoms. The van der Waals surface area contributed by atoms with Crippen molar-refractivity contribution < 1.29 is 13.9 Å². The molecule has 0 radical (unpaired) electrons. The first-order valence-electron chi connectivity index (χ1n) is 3.76. The number of rotatable bonds is 2. The van der Waals surface area contributed by atoms with Crippen LogP contribution in [0.3, 0.4) is 0 Å². The van der Waals surface area contributed by atoms with Gasteiger partial charge in [-0.05, 0) is 37.9 Å². The minimum Gasteiger partial charge on any atom is -0.506 e. The molecule has 7 heteroatoms. The van der Waals surface area contributed by atoms with E-state index < -0.39 is 12.5 Å². The number of benzene rings is 1. The van der Waals surface area contributed by atoms with Crippen LogP contribution in [-0.2, 0) is 0 Å². The summed E-state index contributed by atoms with van der Waals surface area (Å²) in [4.78, 5) is 0. The van der Waals surface area contributed by atoms with Gasteiger partial charge in [0, 0.05) is 10.0 Å². The molecule has 0 spiro atoms. The predicted molar refractivity (Wildman–Crippen MR) is 64.1 cm³/mol. The SMILES string of the molecule is N[C@H](c1c(Br)cc(Br)c(O)c1Br)C(F)F. The second kappa shape index (κ2) is 5.07. The van der Waals surface area contributed by atoms with Gasteiger partial charge in [0.2, 0.25) is 0 Å². The van der Waals surface area contributed by atoms with Crippen molar-refractivity contribution in [2.45, 2.75) is 12.5 Å². The molecule has 1 rings (SSSR count). The van der Waals surface area contributed by atoms with Gasteiger partial charge in [0.25, 0.3) is 6.43 Å². The Morgan fingerprint density at radius 1 is 1.20 bits per heavy atom. The van der Waals surface area contributed by atoms with Gasteiger partial charge in [0.1, 0.15) is 5.75 Å². The number of hydrogen-bond acceptors (Lipinski definition) is 2. The molecule has 0 saturated carbocycles. The van der Waals surface area contributed by atoms with Gasteiger partial charge in [0.05, 0.1) is 15.0 Å². The summed E-state index contributed by atoms with van der Waals surface area (Å²) in [7, 11) is 0. The molecular formula is C8H6Br3F2NO. The Morgan fingerprint density at radius 3 is 2.20 bits per heavy atom. The van der Waals surface area contributed by atoms with E-state index in [1.165, 1.54) is 6.07 Å². The predicted octanol–water partition coefficient (Wildman–Crippen LogP) is 3.94. The monoisotopic (exact) mass is 407 g/mol. The van der Waals surface area contributed by atoms with E-state index >= 15 is 0 Å². The van der Waals surface area contributed by atoms with Crippen molar-refractivity contribution in [2.75, 3.05) is 0 Å². The normalized spacial score (nSPS) is 13.3.